The van der Waals surface area contributed by atoms with Gasteiger partial charge in [0.1, 0.15) is 0 Å². The van der Waals surface area contributed by atoms with Crippen molar-refractivity contribution in [2.75, 3.05) is 0 Å². The molecule has 6 nitrogen and oxygen atoms in total. The Kier molecular flexibility index (Phi) is 10.4. The summed E-state index contributed by atoms with van der Waals surface area (Å²) in [5.41, 5.74) is 0.137. The standard InChI is InChI=1S/C6H5NO2.C2H3N.Cl2O2S/c8-7(9)6-4-2-1-3-5-6;1-2-3;1-5(2,3)4/h1-5H;1H3;. The summed E-state index contributed by atoms with van der Waals surface area (Å²) in [7, 11) is 4.81. The van der Waals surface area contributed by atoms with Crippen molar-refractivity contribution in [1.29, 1.82) is 5.26 Å². The molecule has 0 saturated carbocycles. The van der Waals surface area contributed by atoms with Gasteiger partial charge in [0, 0.05) is 40.4 Å². The highest BCUT2D eigenvalue weighted by Crippen LogP contribution is 2.06. The van der Waals surface area contributed by atoms with Crippen LogP contribution >= 0.6 is 21.4 Å². The Morgan fingerprint density at radius 3 is 1.76 bits per heavy atom. The van der Waals surface area contributed by atoms with Crippen molar-refractivity contribution in [1.82, 2.24) is 0 Å². The molecule has 0 atom stereocenters. The Morgan fingerprint density at radius 1 is 1.29 bits per heavy atom. The van der Waals surface area contributed by atoms with Gasteiger partial charge >= 0.3 is 8.26 Å². The minimum Gasteiger partial charge on any atom is -0.258 e. The minimum absolute atomic E-state index is 0.137. The van der Waals surface area contributed by atoms with Crippen LogP contribution in [-0.2, 0) is 8.26 Å². The number of non-ortho nitro benzene ring substituents is 1. The van der Waals surface area contributed by atoms with Gasteiger partial charge in [0.2, 0.25) is 0 Å². The van der Waals surface area contributed by atoms with Crippen molar-refractivity contribution in [2.24, 2.45) is 0 Å². The quantitative estimate of drug-likeness (QED) is 0.451. The molecule has 94 valence electrons. The van der Waals surface area contributed by atoms with Crippen LogP contribution in [0.2, 0.25) is 0 Å². The summed E-state index contributed by atoms with van der Waals surface area (Å²) < 4.78 is 18.3. The molecule has 0 N–H and O–H groups in total. The van der Waals surface area contributed by atoms with E-state index in [1.54, 1.807) is 24.3 Å². The number of rotatable bonds is 1. The average Bonchev–Trinajstić information content (AvgIpc) is 2.17. The van der Waals surface area contributed by atoms with E-state index < -0.39 is 13.2 Å². The fourth-order valence-electron chi connectivity index (χ4n) is 0.550. The number of nitro groups is 1. The maximum absolute atomic E-state index is 10.0. The van der Waals surface area contributed by atoms with Gasteiger partial charge in [-0.1, -0.05) is 18.2 Å². The molecule has 0 spiro atoms. The zero-order chi connectivity index (χ0) is 13.9. The number of para-hydroxylation sites is 1. The number of nitrogens with zero attached hydrogens (tertiary/aromatic N) is 2. The lowest BCUT2D eigenvalue weighted by Crippen LogP contribution is -1.84. The summed E-state index contributed by atoms with van der Waals surface area (Å²) in [4.78, 5) is 9.59. The molecule has 17 heavy (non-hydrogen) atoms. The van der Waals surface area contributed by atoms with E-state index in [0.717, 1.165) is 0 Å². The normalized spacial score (nSPS) is 8.59. The van der Waals surface area contributed by atoms with Crippen LogP contribution in [0.4, 0.5) is 5.69 Å². The van der Waals surface area contributed by atoms with Gasteiger partial charge in [-0.25, -0.2) is 0 Å². The van der Waals surface area contributed by atoms with Gasteiger partial charge < -0.3 is 0 Å². The van der Waals surface area contributed by atoms with Gasteiger partial charge in [-0.3, -0.25) is 10.1 Å². The van der Waals surface area contributed by atoms with Gasteiger partial charge in [0.15, 0.2) is 0 Å². The molecule has 0 bridgehead atoms. The van der Waals surface area contributed by atoms with E-state index in [1.165, 1.54) is 19.1 Å². The van der Waals surface area contributed by atoms with Crippen LogP contribution in [-0.4, -0.2) is 13.3 Å². The summed E-state index contributed by atoms with van der Waals surface area (Å²) in [6, 6.07) is 9.68. The van der Waals surface area contributed by atoms with Crippen LogP contribution in [0, 0.1) is 21.4 Å². The SMILES string of the molecule is CC#N.O=S(=O)(Cl)Cl.O=[N+]([O-])c1ccccc1. The van der Waals surface area contributed by atoms with Crippen molar-refractivity contribution in [3.05, 3.63) is 40.4 Å². The van der Waals surface area contributed by atoms with Crippen LogP contribution in [0.15, 0.2) is 30.3 Å². The van der Waals surface area contributed by atoms with Crippen molar-refractivity contribution < 1.29 is 13.3 Å². The number of nitriles is 1. The van der Waals surface area contributed by atoms with Gasteiger partial charge in [0.25, 0.3) is 5.69 Å². The van der Waals surface area contributed by atoms with E-state index in [4.69, 9.17) is 13.7 Å². The van der Waals surface area contributed by atoms with Gasteiger partial charge in [-0.2, -0.15) is 13.7 Å². The first-order chi connectivity index (χ1) is 7.72. The van der Waals surface area contributed by atoms with Gasteiger partial charge in [0.05, 0.1) is 11.0 Å². The Morgan fingerprint density at radius 2 is 1.59 bits per heavy atom. The monoisotopic (exact) mass is 298 g/mol. The van der Waals surface area contributed by atoms with Crippen molar-refractivity contribution in [3.8, 4) is 6.07 Å². The van der Waals surface area contributed by atoms with Crippen molar-refractivity contribution >= 4 is 35.3 Å². The first-order valence-electron chi connectivity index (χ1n) is 3.86. The molecule has 1 aromatic rings. The third-order valence-corrected chi connectivity index (χ3v) is 0.967. The molecule has 0 amide bonds. The Labute approximate surface area is 107 Å². The maximum atomic E-state index is 10.0. The predicted molar refractivity (Wildman–Crippen MR) is 65.0 cm³/mol. The van der Waals surface area contributed by atoms with Crippen LogP contribution in [0.1, 0.15) is 6.92 Å². The fourth-order valence-corrected chi connectivity index (χ4v) is 0.550. The Hall–Kier alpha value is -1.36. The van der Waals surface area contributed by atoms with E-state index in [-0.39, 0.29) is 5.69 Å². The molecule has 1 aromatic carbocycles. The van der Waals surface area contributed by atoms with Crippen LogP contribution < -0.4 is 0 Å². The molecule has 9 heteroatoms. The first kappa shape index (κ1) is 18.0. The smallest absolute Gasteiger partial charge is 0.258 e. The summed E-state index contributed by atoms with van der Waals surface area (Å²) in [6.45, 7) is 1.43. The van der Waals surface area contributed by atoms with E-state index >= 15 is 0 Å². The summed E-state index contributed by atoms with van der Waals surface area (Å²) in [5, 5.41) is 17.3. The number of hydrogen-bond donors (Lipinski definition) is 0. The zero-order valence-corrected chi connectivity index (χ0v) is 10.9. The molecule has 0 fully saturated rings. The van der Waals surface area contributed by atoms with Crippen molar-refractivity contribution in [2.45, 2.75) is 6.92 Å². The second-order valence-electron chi connectivity index (χ2n) is 2.19. The number of benzene rings is 1. The van der Waals surface area contributed by atoms with Crippen molar-refractivity contribution in [3.63, 3.8) is 0 Å². The van der Waals surface area contributed by atoms with E-state index in [1.807, 2.05) is 0 Å². The minimum atomic E-state index is -3.72. The molecule has 0 aliphatic carbocycles. The number of halogens is 2. The third-order valence-electron chi connectivity index (χ3n) is 0.967. The lowest BCUT2D eigenvalue weighted by atomic mass is 10.3. The summed E-state index contributed by atoms with van der Waals surface area (Å²) >= 11 is 0. The largest absolute Gasteiger partial charge is 0.317 e. The second kappa shape index (κ2) is 9.84. The molecule has 0 unspecified atom stereocenters. The second-order valence-corrected chi connectivity index (χ2v) is 5.86. The average molecular weight is 299 g/mol. The van der Waals surface area contributed by atoms with Crippen LogP contribution in [0.25, 0.3) is 0 Å². The molecular weight excluding hydrogens is 291 g/mol. The molecule has 1 rings (SSSR count). The Balaban J connectivity index is 0. The molecule has 0 heterocycles. The highest BCUT2D eigenvalue weighted by molar-refractivity contribution is 8.31. The first-order valence-corrected chi connectivity index (χ1v) is 7.00. The van der Waals surface area contributed by atoms with Crippen LogP contribution in [0.3, 0.4) is 0 Å². The molecule has 0 aliphatic heterocycles. The molecule has 0 aromatic heterocycles. The van der Waals surface area contributed by atoms with E-state index in [9.17, 15) is 10.1 Å². The molecular formula is C8H8Cl2N2O4S. The number of hydrogen-bond acceptors (Lipinski definition) is 5. The highest BCUT2D eigenvalue weighted by atomic mass is 36.0. The van der Waals surface area contributed by atoms with Gasteiger partial charge in [-0.15, -0.1) is 0 Å². The topological polar surface area (TPSA) is 101 Å². The summed E-state index contributed by atoms with van der Waals surface area (Å²) in [6.07, 6.45) is 0. The highest BCUT2D eigenvalue weighted by Gasteiger charge is 1.98. The lowest BCUT2D eigenvalue weighted by molar-refractivity contribution is -0.384. The zero-order valence-electron chi connectivity index (χ0n) is 8.58. The third kappa shape index (κ3) is 20.7. The van der Waals surface area contributed by atoms with E-state index in [2.05, 4.69) is 21.4 Å². The number of nitro benzene ring substituents is 1. The van der Waals surface area contributed by atoms with Crippen LogP contribution in [0.5, 0.6) is 0 Å². The molecule has 0 aliphatic rings. The Bertz CT molecular complexity index is 462. The lowest BCUT2D eigenvalue weighted by Gasteiger charge is -1.85. The molecule has 0 radical (unpaired) electrons. The summed E-state index contributed by atoms with van der Waals surface area (Å²) in [5.74, 6) is 0. The molecule has 0 saturated heterocycles. The fraction of sp³-hybridized carbons (Fsp3) is 0.125. The maximum Gasteiger partial charge on any atom is 0.317 e. The van der Waals surface area contributed by atoms with Gasteiger partial charge in [-0.05, 0) is 0 Å². The predicted octanol–water partition coefficient (Wildman–Crippen LogP) is 2.83. The van der Waals surface area contributed by atoms with E-state index in [0.29, 0.717) is 0 Å².